The second-order valence-corrected chi connectivity index (χ2v) is 3.99. The van der Waals surface area contributed by atoms with E-state index in [0.717, 1.165) is 32.5 Å². The number of nitrogens with zero attached hydrogens (tertiary/aromatic N) is 1. The van der Waals surface area contributed by atoms with Gasteiger partial charge >= 0.3 is 0 Å². The summed E-state index contributed by atoms with van der Waals surface area (Å²) in [4.78, 5) is 2.40. The van der Waals surface area contributed by atoms with Crippen molar-refractivity contribution >= 4 is 12.4 Å². The SMILES string of the molecule is Cl.OC1CCN(Cc2ccccc2)CC1. The molecule has 1 aromatic rings. The largest absolute Gasteiger partial charge is 0.393 e. The van der Waals surface area contributed by atoms with Gasteiger partial charge in [0.25, 0.3) is 0 Å². The minimum Gasteiger partial charge on any atom is -0.393 e. The zero-order chi connectivity index (χ0) is 9.80. The van der Waals surface area contributed by atoms with E-state index in [9.17, 15) is 5.11 Å². The predicted molar refractivity (Wildman–Crippen MR) is 64.2 cm³/mol. The molecule has 1 N–H and O–H groups in total. The third kappa shape index (κ3) is 3.82. The van der Waals surface area contributed by atoms with Crippen LogP contribution in [0.25, 0.3) is 0 Å². The molecule has 0 saturated carbocycles. The standard InChI is InChI=1S/C12H17NO.ClH/c14-12-6-8-13(9-7-12)10-11-4-2-1-3-5-11;/h1-5,12,14H,6-10H2;1H. The van der Waals surface area contributed by atoms with Crippen LogP contribution < -0.4 is 0 Å². The average Bonchev–Trinajstić information content (AvgIpc) is 2.23. The van der Waals surface area contributed by atoms with Crippen molar-refractivity contribution in [1.29, 1.82) is 0 Å². The van der Waals surface area contributed by atoms with Gasteiger partial charge in [-0.25, -0.2) is 0 Å². The number of hydrogen-bond acceptors (Lipinski definition) is 2. The van der Waals surface area contributed by atoms with E-state index in [1.807, 2.05) is 6.07 Å². The predicted octanol–water partition coefficient (Wildman–Crippen LogP) is 2.07. The van der Waals surface area contributed by atoms with E-state index in [2.05, 4.69) is 29.2 Å². The molecule has 2 rings (SSSR count). The molecule has 84 valence electrons. The molecule has 0 aliphatic carbocycles. The molecule has 1 aromatic carbocycles. The van der Waals surface area contributed by atoms with Gasteiger partial charge in [-0.1, -0.05) is 30.3 Å². The Morgan fingerprint density at radius 2 is 1.73 bits per heavy atom. The van der Waals surface area contributed by atoms with Crippen molar-refractivity contribution < 1.29 is 5.11 Å². The first-order chi connectivity index (χ1) is 6.84. The van der Waals surface area contributed by atoms with Crippen molar-refractivity contribution in [2.75, 3.05) is 13.1 Å². The van der Waals surface area contributed by atoms with Crippen LogP contribution >= 0.6 is 12.4 Å². The number of benzene rings is 1. The lowest BCUT2D eigenvalue weighted by Gasteiger charge is -2.29. The van der Waals surface area contributed by atoms with Gasteiger partial charge in [0.2, 0.25) is 0 Å². The van der Waals surface area contributed by atoms with Crippen LogP contribution in [0.3, 0.4) is 0 Å². The first-order valence-corrected chi connectivity index (χ1v) is 5.29. The highest BCUT2D eigenvalue weighted by Crippen LogP contribution is 2.13. The summed E-state index contributed by atoms with van der Waals surface area (Å²) in [5.74, 6) is 0. The van der Waals surface area contributed by atoms with Gasteiger partial charge in [-0.05, 0) is 18.4 Å². The van der Waals surface area contributed by atoms with Gasteiger partial charge < -0.3 is 5.11 Å². The Hall–Kier alpha value is -0.570. The summed E-state index contributed by atoms with van der Waals surface area (Å²) in [5.41, 5.74) is 1.36. The van der Waals surface area contributed by atoms with Gasteiger partial charge in [-0.15, -0.1) is 12.4 Å². The summed E-state index contributed by atoms with van der Waals surface area (Å²) >= 11 is 0. The van der Waals surface area contributed by atoms with Gasteiger partial charge in [0.05, 0.1) is 6.10 Å². The van der Waals surface area contributed by atoms with Crippen molar-refractivity contribution in [3.8, 4) is 0 Å². The monoisotopic (exact) mass is 227 g/mol. The fraction of sp³-hybridized carbons (Fsp3) is 0.500. The van der Waals surface area contributed by atoms with Crippen molar-refractivity contribution in [3.63, 3.8) is 0 Å². The summed E-state index contributed by atoms with van der Waals surface area (Å²) in [6.07, 6.45) is 1.78. The minimum atomic E-state index is -0.0676. The number of aliphatic hydroxyl groups is 1. The van der Waals surface area contributed by atoms with Crippen molar-refractivity contribution in [3.05, 3.63) is 35.9 Å². The number of aliphatic hydroxyl groups excluding tert-OH is 1. The van der Waals surface area contributed by atoms with Crippen LogP contribution in [-0.4, -0.2) is 29.2 Å². The number of piperidine rings is 1. The van der Waals surface area contributed by atoms with Crippen molar-refractivity contribution in [1.82, 2.24) is 4.90 Å². The molecule has 3 heteroatoms. The van der Waals surface area contributed by atoms with Crippen molar-refractivity contribution in [2.24, 2.45) is 0 Å². The topological polar surface area (TPSA) is 23.5 Å². The van der Waals surface area contributed by atoms with E-state index in [0.29, 0.717) is 0 Å². The van der Waals surface area contributed by atoms with E-state index in [1.165, 1.54) is 5.56 Å². The molecular formula is C12H18ClNO. The van der Waals surface area contributed by atoms with Gasteiger partial charge in [-0.2, -0.15) is 0 Å². The highest BCUT2D eigenvalue weighted by atomic mass is 35.5. The Morgan fingerprint density at radius 1 is 1.13 bits per heavy atom. The molecule has 1 fully saturated rings. The van der Waals surface area contributed by atoms with Crippen LogP contribution in [-0.2, 0) is 6.54 Å². The molecule has 1 heterocycles. The maximum absolute atomic E-state index is 9.37. The van der Waals surface area contributed by atoms with E-state index in [4.69, 9.17) is 0 Å². The van der Waals surface area contributed by atoms with Gasteiger partial charge in [0, 0.05) is 19.6 Å². The van der Waals surface area contributed by atoms with Crippen LogP contribution in [0.4, 0.5) is 0 Å². The Labute approximate surface area is 97.3 Å². The molecule has 0 radical (unpaired) electrons. The molecule has 1 aliphatic heterocycles. The summed E-state index contributed by atoms with van der Waals surface area (Å²) in [7, 11) is 0. The Morgan fingerprint density at radius 3 is 2.33 bits per heavy atom. The number of likely N-dealkylation sites (tertiary alicyclic amines) is 1. The van der Waals surface area contributed by atoms with Crippen LogP contribution in [0.15, 0.2) is 30.3 Å². The maximum Gasteiger partial charge on any atom is 0.0564 e. The number of halogens is 1. The maximum atomic E-state index is 9.37. The molecule has 15 heavy (non-hydrogen) atoms. The first-order valence-electron chi connectivity index (χ1n) is 5.29. The van der Waals surface area contributed by atoms with E-state index < -0.39 is 0 Å². The quantitative estimate of drug-likeness (QED) is 0.836. The molecule has 0 unspecified atom stereocenters. The van der Waals surface area contributed by atoms with Crippen LogP contribution in [0.5, 0.6) is 0 Å². The molecule has 1 saturated heterocycles. The summed E-state index contributed by atoms with van der Waals surface area (Å²) in [5, 5.41) is 9.37. The van der Waals surface area contributed by atoms with Gasteiger partial charge in [0.15, 0.2) is 0 Å². The zero-order valence-electron chi connectivity index (χ0n) is 8.80. The molecule has 2 nitrogen and oxygen atoms in total. The van der Waals surface area contributed by atoms with E-state index >= 15 is 0 Å². The van der Waals surface area contributed by atoms with Crippen molar-refractivity contribution in [2.45, 2.75) is 25.5 Å². The first kappa shape index (κ1) is 12.5. The minimum absolute atomic E-state index is 0. The fourth-order valence-corrected chi connectivity index (χ4v) is 1.92. The molecule has 0 bridgehead atoms. The Bertz CT molecular complexity index is 270. The fourth-order valence-electron chi connectivity index (χ4n) is 1.92. The van der Waals surface area contributed by atoms with Gasteiger partial charge in [0.1, 0.15) is 0 Å². The molecule has 1 aliphatic rings. The summed E-state index contributed by atoms with van der Waals surface area (Å²) < 4.78 is 0. The zero-order valence-corrected chi connectivity index (χ0v) is 9.62. The Kier molecular flexibility index (Phi) is 5.09. The second kappa shape index (κ2) is 6.11. The van der Waals surface area contributed by atoms with Crippen LogP contribution in [0.1, 0.15) is 18.4 Å². The van der Waals surface area contributed by atoms with Crippen LogP contribution in [0, 0.1) is 0 Å². The lowest BCUT2D eigenvalue weighted by atomic mass is 10.1. The van der Waals surface area contributed by atoms with E-state index in [-0.39, 0.29) is 18.5 Å². The van der Waals surface area contributed by atoms with Crippen LogP contribution in [0.2, 0.25) is 0 Å². The lowest BCUT2D eigenvalue weighted by molar-refractivity contribution is 0.0792. The normalized spacial score (nSPS) is 18.5. The average molecular weight is 228 g/mol. The third-order valence-electron chi connectivity index (χ3n) is 2.81. The third-order valence-corrected chi connectivity index (χ3v) is 2.81. The molecule has 0 spiro atoms. The van der Waals surface area contributed by atoms with E-state index in [1.54, 1.807) is 0 Å². The Balaban J connectivity index is 0.00000112. The molecule has 0 atom stereocenters. The molecule has 0 aromatic heterocycles. The smallest absolute Gasteiger partial charge is 0.0564 e. The number of hydrogen-bond donors (Lipinski definition) is 1. The summed E-state index contributed by atoms with van der Waals surface area (Å²) in [6, 6.07) is 10.5. The second-order valence-electron chi connectivity index (χ2n) is 3.99. The van der Waals surface area contributed by atoms with Gasteiger partial charge in [-0.3, -0.25) is 4.90 Å². The number of rotatable bonds is 2. The highest BCUT2D eigenvalue weighted by molar-refractivity contribution is 5.85. The highest BCUT2D eigenvalue weighted by Gasteiger charge is 2.16. The lowest BCUT2D eigenvalue weighted by Crippen LogP contribution is -2.35. The summed E-state index contributed by atoms with van der Waals surface area (Å²) in [6.45, 7) is 3.07. The molecule has 0 amide bonds. The molecular weight excluding hydrogens is 210 g/mol.